The maximum atomic E-state index is 11.3. The Morgan fingerprint density at radius 2 is 2.36 bits per heavy atom. The fourth-order valence-electron chi connectivity index (χ4n) is 1.86. The van der Waals surface area contributed by atoms with E-state index in [0.29, 0.717) is 6.04 Å². The molecule has 0 aromatic carbocycles. The smallest absolute Gasteiger partial charge is 0.239 e. The summed E-state index contributed by atoms with van der Waals surface area (Å²) in [5.74, 6) is 0.280. The van der Waals surface area contributed by atoms with Gasteiger partial charge in [0.15, 0.2) is 0 Å². The molecule has 2 heterocycles. The predicted octanol–water partition coefficient (Wildman–Crippen LogP) is 0.000800. The molecule has 0 aliphatic carbocycles. The number of likely N-dealkylation sites (tertiary alicyclic amines) is 1. The van der Waals surface area contributed by atoms with Crippen LogP contribution in [0, 0.1) is 0 Å². The lowest BCUT2D eigenvalue weighted by atomic mass is 10.1. The van der Waals surface area contributed by atoms with Crippen molar-refractivity contribution in [3.05, 3.63) is 0 Å². The van der Waals surface area contributed by atoms with Crippen molar-refractivity contribution < 1.29 is 4.79 Å². The van der Waals surface area contributed by atoms with Gasteiger partial charge in [0.2, 0.25) is 5.91 Å². The number of likely N-dealkylation sites (N-methyl/N-ethyl adjacent to an activating group) is 1. The van der Waals surface area contributed by atoms with Gasteiger partial charge in [0.05, 0.1) is 6.04 Å². The monoisotopic (exact) mass is 176 g/mol. The van der Waals surface area contributed by atoms with Crippen molar-refractivity contribution in [1.82, 2.24) is 10.2 Å². The highest BCUT2D eigenvalue weighted by Crippen LogP contribution is 2.23. The van der Waals surface area contributed by atoms with Crippen molar-refractivity contribution in [2.45, 2.75) is 24.9 Å². The van der Waals surface area contributed by atoms with E-state index in [2.05, 4.69) is 5.32 Å². The third kappa shape index (κ3) is 1.23. The average molecular weight is 177 g/mol. The van der Waals surface area contributed by atoms with Crippen molar-refractivity contribution in [2.75, 3.05) is 13.6 Å². The van der Waals surface area contributed by atoms with Gasteiger partial charge in [-0.3, -0.25) is 4.79 Å². The lowest BCUT2D eigenvalue weighted by Gasteiger charge is -2.19. The molecule has 2 saturated heterocycles. The molecule has 4 heteroatoms. The molecule has 0 aromatic heterocycles. The van der Waals surface area contributed by atoms with Crippen molar-refractivity contribution >= 4 is 18.3 Å². The van der Waals surface area contributed by atoms with Gasteiger partial charge in [-0.1, -0.05) is 0 Å². The van der Waals surface area contributed by atoms with Crippen LogP contribution in [0.4, 0.5) is 0 Å². The first-order chi connectivity index (χ1) is 4.79. The standard InChI is InChI=1S/C7H12N2O.ClH/c1-9-5-2-3-8-6(4-5)7(9)10;/h5-6,8H,2-4H2,1H3;1H. The van der Waals surface area contributed by atoms with E-state index in [-0.39, 0.29) is 24.4 Å². The molecular weight excluding hydrogens is 164 g/mol. The summed E-state index contributed by atoms with van der Waals surface area (Å²) in [5, 5.41) is 3.20. The largest absolute Gasteiger partial charge is 0.341 e. The highest BCUT2D eigenvalue weighted by molar-refractivity contribution is 5.85. The van der Waals surface area contributed by atoms with Crippen molar-refractivity contribution in [1.29, 1.82) is 0 Å². The number of rotatable bonds is 0. The maximum Gasteiger partial charge on any atom is 0.239 e. The molecule has 11 heavy (non-hydrogen) atoms. The highest BCUT2D eigenvalue weighted by Gasteiger charge is 2.39. The third-order valence-corrected chi connectivity index (χ3v) is 2.57. The summed E-state index contributed by atoms with van der Waals surface area (Å²) in [6.07, 6.45) is 2.15. The van der Waals surface area contributed by atoms with Gasteiger partial charge in [-0.2, -0.15) is 0 Å². The molecule has 2 atom stereocenters. The van der Waals surface area contributed by atoms with Crippen LogP contribution < -0.4 is 5.32 Å². The van der Waals surface area contributed by atoms with Gasteiger partial charge in [0.1, 0.15) is 0 Å². The van der Waals surface area contributed by atoms with Crippen LogP contribution in [0.1, 0.15) is 12.8 Å². The van der Waals surface area contributed by atoms with Crippen LogP contribution >= 0.6 is 12.4 Å². The number of amides is 1. The Morgan fingerprint density at radius 3 is 2.91 bits per heavy atom. The third-order valence-electron chi connectivity index (χ3n) is 2.57. The minimum Gasteiger partial charge on any atom is -0.341 e. The first-order valence-electron chi connectivity index (χ1n) is 3.79. The number of hydrogen-bond donors (Lipinski definition) is 1. The summed E-state index contributed by atoms with van der Waals surface area (Å²) in [6, 6.07) is 0.669. The number of carbonyl (C=O) groups is 1. The number of halogens is 1. The topological polar surface area (TPSA) is 32.3 Å². The molecule has 0 saturated carbocycles. The Kier molecular flexibility index (Phi) is 2.40. The Morgan fingerprint density at radius 1 is 1.64 bits per heavy atom. The Balaban J connectivity index is 0.000000605. The number of carbonyl (C=O) groups excluding carboxylic acids is 1. The van der Waals surface area contributed by atoms with Crippen molar-refractivity contribution in [3.8, 4) is 0 Å². The molecule has 3 nitrogen and oxygen atoms in total. The minimum atomic E-state index is 0. The average Bonchev–Trinajstić information content (AvgIpc) is 2.17. The van der Waals surface area contributed by atoms with Gasteiger partial charge in [0.25, 0.3) is 0 Å². The lowest BCUT2D eigenvalue weighted by molar-refractivity contribution is -0.128. The number of piperidine rings is 1. The number of nitrogens with zero attached hydrogens (tertiary/aromatic N) is 1. The van der Waals surface area contributed by atoms with Crippen LogP contribution in [0.25, 0.3) is 0 Å². The highest BCUT2D eigenvalue weighted by atomic mass is 35.5. The molecule has 2 aliphatic rings. The maximum absolute atomic E-state index is 11.3. The van der Waals surface area contributed by atoms with Crippen LogP contribution in [0.3, 0.4) is 0 Å². The van der Waals surface area contributed by atoms with Crippen LogP contribution in [-0.4, -0.2) is 36.5 Å². The summed E-state index contributed by atoms with van der Waals surface area (Å²) in [5.41, 5.74) is 0. The molecule has 0 spiro atoms. The predicted molar refractivity (Wildman–Crippen MR) is 44.8 cm³/mol. The SMILES string of the molecule is CN1C(=O)C2CC1CCN2.Cl. The van der Waals surface area contributed by atoms with Crippen molar-refractivity contribution in [2.24, 2.45) is 0 Å². The minimum absolute atomic E-state index is 0. The van der Waals surface area contributed by atoms with Crippen LogP contribution in [-0.2, 0) is 4.79 Å². The van der Waals surface area contributed by atoms with E-state index < -0.39 is 0 Å². The molecule has 64 valence electrons. The van der Waals surface area contributed by atoms with Gasteiger partial charge in [-0.15, -0.1) is 12.4 Å². The molecule has 2 bridgehead atoms. The second kappa shape index (κ2) is 2.99. The van der Waals surface area contributed by atoms with E-state index in [4.69, 9.17) is 0 Å². The molecule has 0 radical (unpaired) electrons. The van der Waals surface area contributed by atoms with Gasteiger partial charge in [-0.05, 0) is 19.4 Å². The summed E-state index contributed by atoms with van der Waals surface area (Å²) in [7, 11) is 1.90. The van der Waals surface area contributed by atoms with E-state index in [1.165, 1.54) is 0 Å². The Bertz CT molecular complexity index is 170. The summed E-state index contributed by atoms with van der Waals surface area (Å²) < 4.78 is 0. The number of nitrogens with one attached hydrogen (secondary N) is 1. The Hall–Kier alpha value is -0.280. The number of fused-ring (bicyclic) bond motifs is 2. The summed E-state index contributed by atoms with van der Waals surface area (Å²) >= 11 is 0. The number of hydrogen-bond acceptors (Lipinski definition) is 2. The fourth-order valence-corrected chi connectivity index (χ4v) is 1.86. The molecular formula is C7H13ClN2O. The molecule has 2 unspecified atom stereocenters. The van der Waals surface area contributed by atoms with Gasteiger partial charge < -0.3 is 10.2 Å². The molecule has 2 aliphatic heterocycles. The Labute approximate surface area is 72.5 Å². The van der Waals surface area contributed by atoms with Crippen LogP contribution in [0.2, 0.25) is 0 Å². The van der Waals surface area contributed by atoms with Crippen molar-refractivity contribution in [3.63, 3.8) is 0 Å². The van der Waals surface area contributed by atoms with Gasteiger partial charge >= 0.3 is 0 Å². The normalized spacial score (nSPS) is 35.4. The second-order valence-corrected chi connectivity index (χ2v) is 3.13. The van der Waals surface area contributed by atoms with E-state index in [1.807, 2.05) is 11.9 Å². The van der Waals surface area contributed by atoms with E-state index in [0.717, 1.165) is 19.4 Å². The lowest BCUT2D eigenvalue weighted by Crippen LogP contribution is -2.36. The van der Waals surface area contributed by atoms with Gasteiger partial charge in [0, 0.05) is 13.1 Å². The second-order valence-electron chi connectivity index (χ2n) is 3.13. The van der Waals surface area contributed by atoms with E-state index >= 15 is 0 Å². The zero-order valence-electron chi connectivity index (χ0n) is 6.54. The summed E-state index contributed by atoms with van der Waals surface area (Å²) in [6.45, 7) is 1.01. The molecule has 2 rings (SSSR count). The van der Waals surface area contributed by atoms with E-state index in [1.54, 1.807) is 0 Å². The zero-order valence-corrected chi connectivity index (χ0v) is 7.36. The van der Waals surface area contributed by atoms with Crippen LogP contribution in [0.5, 0.6) is 0 Å². The fraction of sp³-hybridized carbons (Fsp3) is 0.857. The molecule has 0 aromatic rings. The molecule has 1 amide bonds. The quantitative estimate of drug-likeness (QED) is 0.564. The van der Waals surface area contributed by atoms with Crippen LogP contribution in [0.15, 0.2) is 0 Å². The molecule has 1 N–H and O–H groups in total. The molecule has 2 fully saturated rings. The van der Waals surface area contributed by atoms with Gasteiger partial charge in [-0.25, -0.2) is 0 Å². The van der Waals surface area contributed by atoms with E-state index in [9.17, 15) is 4.79 Å². The zero-order chi connectivity index (χ0) is 7.14. The summed E-state index contributed by atoms with van der Waals surface area (Å²) in [4.78, 5) is 13.1. The first kappa shape index (κ1) is 8.81. The first-order valence-corrected chi connectivity index (χ1v) is 3.79.